The maximum atomic E-state index is 9.48. The highest BCUT2D eigenvalue weighted by atomic mass is 16.5. The molecule has 0 saturated carbocycles. The zero-order valence-electron chi connectivity index (χ0n) is 8.78. The number of rotatable bonds is 2. The monoisotopic (exact) mass is 207 g/mol. The lowest BCUT2D eigenvalue weighted by Crippen LogP contribution is -2.18. The van der Waals surface area contributed by atoms with Crippen molar-refractivity contribution >= 4 is 5.69 Å². The van der Waals surface area contributed by atoms with E-state index >= 15 is 0 Å². The molecule has 0 aliphatic carbocycles. The normalized spacial score (nSPS) is 17.9. The molecule has 0 aromatic heterocycles. The fourth-order valence-electron chi connectivity index (χ4n) is 2.04. The Morgan fingerprint density at radius 1 is 1.33 bits per heavy atom. The summed E-state index contributed by atoms with van der Waals surface area (Å²) in [4.78, 5) is 0. The zero-order valence-corrected chi connectivity index (χ0v) is 8.78. The van der Waals surface area contributed by atoms with Gasteiger partial charge in [-0.2, -0.15) is 0 Å². The Morgan fingerprint density at radius 3 is 2.80 bits per heavy atom. The van der Waals surface area contributed by atoms with Gasteiger partial charge in [0.05, 0.1) is 5.69 Å². The minimum atomic E-state index is 0.194. The van der Waals surface area contributed by atoms with Gasteiger partial charge < -0.3 is 15.6 Å². The second-order valence-electron chi connectivity index (χ2n) is 4.11. The van der Waals surface area contributed by atoms with E-state index in [1.807, 2.05) is 12.1 Å². The van der Waals surface area contributed by atoms with Gasteiger partial charge in [0, 0.05) is 13.2 Å². The second kappa shape index (κ2) is 4.53. The number of hydrogen-bond acceptors (Lipinski definition) is 3. The van der Waals surface area contributed by atoms with E-state index in [4.69, 9.17) is 10.5 Å². The molecule has 82 valence electrons. The third-order valence-corrected chi connectivity index (χ3v) is 3.02. The maximum Gasteiger partial charge on any atom is 0.138 e. The Hall–Kier alpha value is -1.22. The van der Waals surface area contributed by atoms with E-state index < -0.39 is 0 Å². The third-order valence-electron chi connectivity index (χ3n) is 3.02. The molecule has 15 heavy (non-hydrogen) atoms. The van der Waals surface area contributed by atoms with Crippen LogP contribution in [0.15, 0.2) is 18.2 Å². The van der Waals surface area contributed by atoms with Crippen LogP contribution in [0.4, 0.5) is 5.69 Å². The van der Waals surface area contributed by atoms with E-state index in [0.29, 0.717) is 11.6 Å². The molecule has 1 aromatic carbocycles. The number of nitrogens with two attached hydrogens (primary N) is 1. The van der Waals surface area contributed by atoms with Crippen LogP contribution in [0.3, 0.4) is 0 Å². The first-order valence-electron chi connectivity index (χ1n) is 5.41. The zero-order chi connectivity index (χ0) is 10.7. The lowest BCUT2D eigenvalue weighted by Gasteiger charge is -2.22. The minimum absolute atomic E-state index is 0.194. The van der Waals surface area contributed by atoms with Crippen molar-refractivity contribution in [1.29, 1.82) is 0 Å². The van der Waals surface area contributed by atoms with Crippen LogP contribution in [0.25, 0.3) is 0 Å². The van der Waals surface area contributed by atoms with E-state index in [1.165, 1.54) is 0 Å². The van der Waals surface area contributed by atoms with Gasteiger partial charge in [-0.05, 0) is 36.8 Å². The first-order chi connectivity index (χ1) is 7.27. The van der Waals surface area contributed by atoms with Gasteiger partial charge in [-0.25, -0.2) is 0 Å². The van der Waals surface area contributed by atoms with Crippen molar-refractivity contribution in [2.45, 2.75) is 19.3 Å². The summed E-state index contributed by atoms with van der Waals surface area (Å²) in [6.07, 6.45) is 3.13. The highest BCUT2D eigenvalue weighted by molar-refractivity contribution is 5.57. The number of para-hydroxylation sites is 1. The molecule has 0 amide bonds. The standard InChI is InChI=1S/C12H17NO2/c13-12-10(2-1-3-11(12)14)8-9-4-6-15-7-5-9/h1-3,9,14H,4-8,13H2. The van der Waals surface area contributed by atoms with Crippen LogP contribution in [0, 0.1) is 5.92 Å². The minimum Gasteiger partial charge on any atom is -0.506 e. The summed E-state index contributed by atoms with van der Waals surface area (Å²) in [7, 11) is 0. The molecule has 1 saturated heterocycles. The van der Waals surface area contributed by atoms with Crippen molar-refractivity contribution in [2.24, 2.45) is 5.92 Å². The molecule has 3 N–H and O–H groups in total. The summed E-state index contributed by atoms with van der Waals surface area (Å²) in [5.74, 6) is 0.836. The Balaban J connectivity index is 2.06. The summed E-state index contributed by atoms with van der Waals surface area (Å²) in [5.41, 5.74) is 7.41. The Kier molecular flexibility index (Phi) is 3.11. The average Bonchev–Trinajstić information content (AvgIpc) is 2.26. The fourth-order valence-corrected chi connectivity index (χ4v) is 2.04. The van der Waals surface area contributed by atoms with Crippen LogP contribution in [-0.2, 0) is 11.2 Å². The first kappa shape index (κ1) is 10.3. The van der Waals surface area contributed by atoms with Gasteiger partial charge in [-0.3, -0.25) is 0 Å². The van der Waals surface area contributed by atoms with Crippen LogP contribution >= 0.6 is 0 Å². The van der Waals surface area contributed by atoms with Gasteiger partial charge in [-0.15, -0.1) is 0 Å². The quantitative estimate of drug-likeness (QED) is 0.575. The van der Waals surface area contributed by atoms with Gasteiger partial charge in [0.2, 0.25) is 0 Å². The number of ether oxygens (including phenoxy) is 1. The summed E-state index contributed by atoms with van der Waals surface area (Å²) < 4.78 is 5.31. The highest BCUT2D eigenvalue weighted by Crippen LogP contribution is 2.28. The highest BCUT2D eigenvalue weighted by Gasteiger charge is 2.16. The largest absolute Gasteiger partial charge is 0.506 e. The molecular weight excluding hydrogens is 190 g/mol. The lowest BCUT2D eigenvalue weighted by molar-refractivity contribution is 0.0666. The van der Waals surface area contributed by atoms with Gasteiger partial charge in [0.25, 0.3) is 0 Å². The molecule has 1 heterocycles. The number of nitrogen functional groups attached to an aromatic ring is 1. The van der Waals surface area contributed by atoms with Gasteiger partial charge in [-0.1, -0.05) is 12.1 Å². The summed E-state index contributed by atoms with van der Waals surface area (Å²) >= 11 is 0. The predicted molar refractivity (Wildman–Crippen MR) is 59.8 cm³/mol. The van der Waals surface area contributed by atoms with Crippen molar-refractivity contribution in [3.8, 4) is 5.75 Å². The fraction of sp³-hybridized carbons (Fsp3) is 0.500. The van der Waals surface area contributed by atoms with Crippen molar-refractivity contribution in [1.82, 2.24) is 0 Å². The first-order valence-corrected chi connectivity index (χ1v) is 5.41. The molecule has 2 rings (SSSR count). The van der Waals surface area contributed by atoms with Crippen molar-refractivity contribution in [3.05, 3.63) is 23.8 Å². The number of aromatic hydroxyl groups is 1. The van der Waals surface area contributed by atoms with E-state index in [2.05, 4.69) is 0 Å². The molecular formula is C12H17NO2. The summed E-state index contributed by atoms with van der Waals surface area (Å²) in [5, 5.41) is 9.48. The third kappa shape index (κ3) is 2.42. The van der Waals surface area contributed by atoms with E-state index in [-0.39, 0.29) is 5.75 Å². The van der Waals surface area contributed by atoms with Crippen molar-refractivity contribution < 1.29 is 9.84 Å². The molecule has 0 bridgehead atoms. The van der Waals surface area contributed by atoms with Crippen molar-refractivity contribution in [2.75, 3.05) is 18.9 Å². The van der Waals surface area contributed by atoms with Crippen molar-refractivity contribution in [3.63, 3.8) is 0 Å². The Labute approximate surface area is 89.9 Å². The van der Waals surface area contributed by atoms with Gasteiger partial charge in [0.1, 0.15) is 5.75 Å². The summed E-state index contributed by atoms with van der Waals surface area (Å²) in [6.45, 7) is 1.70. The molecule has 0 unspecified atom stereocenters. The van der Waals surface area contributed by atoms with Crippen LogP contribution < -0.4 is 5.73 Å². The Bertz CT molecular complexity index is 332. The topological polar surface area (TPSA) is 55.5 Å². The number of phenols is 1. The van der Waals surface area contributed by atoms with E-state index in [1.54, 1.807) is 6.07 Å². The Morgan fingerprint density at radius 2 is 2.07 bits per heavy atom. The molecule has 1 aliphatic rings. The number of benzene rings is 1. The molecule has 1 aromatic rings. The molecule has 0 radical (unpaired) electrons. The molecule has 1 aliphatic heterocycles. The van der Waals surface area contributed by atoms with Crippen LogP contribution in [-0.4, -0.2) is 18.3 Å². The molecule has 3 heteroatoms. The van der Waals surface area contributed by atoms with Crippen LogP contribution in [0.2, 0.25) is 0 Å². The second-order valence-corrected chi connectivity index (χ2v) is 4.11. The number of hydrogen-bond donors (Lipinski definition) is 2. The maximum absolute atomic E-state index is 9.48. The molecule has 3 nitrogen and oxygen atoms in total. The van der Waals surface area contributed by atoms with E-state index in [9.17, 15) is 5.11 Å². The van der Waals surface area contributed by atoms with Crippen LogP contribution in [0.1, 0.15) is 18.4 Å². The molecule has 0 atom stereocenters. The lowest BCUT2D eigenvalue weighted by atomic mass is 9.91. The smallest absolute Gasteiger partial charge is 0.138 e. The number of anilines is 1. The van der Waals surface area contributed by atoms with Gasteiger partial charge in [0.15, 0.2) is 0 Å². The predicted octanol–water partition coefficient (Wildman–Crippen LogP) is 1.94. The summed E-state index contributed by atoms with van der Waals surface area (Å²) in [6, 6.07) is 5.47. The molecule has 1 fully saturated rings. The van der Waals surface area contributed by atoms with Gasteiger partial charge >= 0.3 is 0 Å². The van der Waals surface area contributed by atoms with Crippen LogP contribution in [0.5, 0.6) is 5.75 Å². The van der Waals surface area contributed by atoms with E-state index in [0.717, 1.165) is 38.0 Å². The average molecular weight is 207 g/mol. The number of phenolic OH excluding ortho intramolecular Hbond substituents is 1. The SMILES string of the molecule is Nc1c(O)cccc1CC1CCOCC1. The molecule has 0 spiro atoms.